The van der Waals surface area contributed by atoms with Gasteiger partial charge in [0.2, 0.25) is 0 Å². The minimum atomic E-state index is -1.02. The Hall–Kier alpha value is -2.88. The molecule has 2 N–H and O–H groups in total. The van der Waals surface area contributed by atoms with Crippen molar-refractivity contribution in [2.24, 2.45) is 0 Å². The van der Waals surface area contributed by atoms with Crippen LogP contribution in [-0.2, 0) is 0 Å². The van der Waals surface area contributed by atoms with Gasteiger partial charge in [-0.15, -0.1) is 0 Å². The van der Waals surface area contributed by atoms with Gasteiger partial charge in [-0.25, -0.2) is 4.79 Å². The van der Waals surface area contributed by atoms with E-state index < -0.39 is 5.97 Å². The average Bonchev–Trinajstić information content (AvgIpc) is 2.45. The Bertz CT molecular complexity index is 686. The lowest BCUT2D eigenvalue weighted by atomic mass is 10.1. The first-order valence-electron chi connectivity index (χ1n) is 5.91. The standard InChI is InChI=1S/C16H12O4/c17-14-7-2-1-6-13(14)15(18)9-8-11-4-3-5-12(10-11)16(19)20/h1-10,17H,(H,19,20)/b9-8+. The Balaban J connectivity index is 2.21. The van der Waals surface area contributed by atoms with Crippen LogP contribution in [0.4, 0.5) is 0 Å². The van der Waals surface area contributed by atoms with Crippen LogP contribution in [0.1, 0.15) is 26.3 Å². The molecule has 2 rings (SSSR count). The van der Waals surface area contributed by atoms with Crippen molar-refractivity contribution in [2.75, 3.05) is 0 Å². The summed E-state index contributed by atoms with van der Waals surface area (Å²) in [6.45, 7) is 0. The number of carbonyl (C=O) groups is 2. The molecule has 100 valence electrons. The van der Waals surface area contributed by atoms with Crippen molar-refractivity contribution < 1.29 is 19.8 Å². The van der Waals surface area contributed by atoms with Gasteiger partial charge in [-0.1, -0.05) is 30.3 Å². The molecule has 0 radical (unpaired) electrons. The zero-order valence-corrected chi connectivity index (χ0v) is 10.5. The van der Waals surface area contributed by atoms with Crippen LogP contribution < -0.4 is 0 Å². The van der Waals surface area contributed by atoms with Gasteiger partial charge in [0.1, 0.15) is 5.75 Å². The number of carboxylic acid groups (broad SMARTS) is 1. The van der Waals surface area contributed by atoms with Gasteiger partial charge in [-0.05, 0) is 35.9 Å². The van der Waals surface area contributed by atoms with Crippen molar-refractivity contribution in [3.05, 3.63) is 71.3 Å². The summed E-state index contributed by atoms with van der Waals surface area (Å²) < 4.78 is 0. The fourth-order valence-corrected chi connectivity index (χ4v) is 1.72. The van der Waals surface area contributed by atoms with Gasteiger partial charge in [0, 0.05) is 0 Å². The van der Waals surface area contributed by atoms with Gasteiger partial charge >= 0.3 is 5.97 Å². The van der Waals surface area contributed by atoms with E-state index in [1.54, 1.807) is 24.3 Å². The second-order valence-corrected chi connectivity index (χ2v) is 4.15. The van der Waals surface area contributed by atoms with Crippen molar-refractivity contribution >= 4 is 17.8 Å². The fraction of sp³-hybridized carbons (Fsp3) is 0. The molecule has 0 saturated heterocycles. The van der Waals surface area contributed by atoms with Gasteiger partial charge in [-0.2, -0.15) is 0 Å². The minimum absolute atomic E-state index is 0.0820. The summed E-state index contributed by atoms with van der Waals surface area (Å²) >= 11 is 0. The molecule has 4 heteroatoms. The van der Waals surface area contributed by atoms with Crippen molar-refractivity contribution in [2.45, 2.75) is 0 Å². The second kappa shape index (κ2) is 5.84. The van der Waals surface area contributed by atoms with E-state index in [9.17, 15) is 14.7 Å². The van der Waals surface area contributed by atoms with E-state index in [4.69, 9.17) is 5.11 Å². The zero-order valence-electron chi connectivity index (χ0n) is 10.5. The Labute approximate surface area is 115 Å². The number of phenols is 1. The number of aromatic hydroxyl groups is 1. The van der Waals surface area contributed by atoms with E-state index in [1.165, 1.54) is 36.4 Å². The third-order valence-electron chi connectivity index (χ3n) is 2.73. The highest BCUT2D eigenvalue weighted by Crippen LogP contribution is 2.17. The lowest BCUT2D eigenvalue weighted by Gasteiger charge is -1.99. The summed E-state index contributed by atoms with van der Waals surface area (Å²) in [6.07, 6.45) is 2.82. The van der Waals surface area contributed by atoms with Crippen LogP contribution in [0.15, 0.2) is 54.6 Å². The van der Waals surface area contributed by atoms with Crippen molar-refractivity contribution in [1.29, 1.82) is 0 Å². The van der Waals surface area contributed by atoms with E-state index in [-0.39, 0.29) is 22.7 Å². The SMILES string of the molecule is O=C(O)c1cccc(/C=C/C(=O)c2ccccc2O)c1. The van der Waals surface area contributed by atoms with E-state index in [2.05, 4.69) is 0 Å². The molecule has 0 aliphatic carbocycles. The minimum Gasteiger partial charge on any atom is -0.507 e. The molecule has 0 fully saturated rings. The summed E-state index contributed by atoms with van der Waals surface area (Å²) in [5.41, 5.74) is 0.967. The van der Waals surface area contributed by atoms with E-state index >= 15 is 0 Å². The summed E-state index contributed by atoms with van der Waals surface area (Å²) in [5.74, 6) is -1.45. The monoisotopic (exact) mass is 268 g/mol. The maximum Gasteiger partial charge on any atom is 0.335 e. The molecule has 0 amide bonds. The quantitative estimate of drug-likeness (QED) is 0.660. The van der Waals surface area contributed by atoms with Gasteiger partial charge in [0.05, 0.1) is 11.1 Å². The maximum atomic E-state index is 11.9. The van der Waals surface area contributed by atoms with Crippen LogP contribution in [0.25, 0.3) is 6.08 Å². The Morgan fingerprint density at radius 1 is 1.00 bits per heavy atom. The molecule has 0 spiro atoms. The molecule has 0 aliphatic rings. The number of hydrogen-bond acceptors (Lipinski definition) is 3. The van der Waals surface area contributed by atoms with Crippen LogP contribution in [0.2, 0.25) is 0 Å². The third kappa shape index (κ3) is 3.11. The lowest BCUT2D eigenvalue weighted by Crippen LogP contribution is -1.96. The van der Waals surface area contributed by atoms with Crippen molar-refractivity contribution in [1.82, 2.24) is 0 Å². The normalized spacial score (nSPS) is 10.6. The molecule has 0 aliphatic heterocycles. The third-order valence-corrected chi connectivity index (χ3v) is 2.73. The van der Waals surface area contributed by atoms with Crippen LogP contribution in [-0.4, -0.2) is 22.0 Å². The van der Waals surface area contributed by atoms with Gasteiger partial charge in [-0.3, -0.25) is 4.79 Å². The molecular weight excluding hydrogens is 256 g/mol. The molecule has 0 aromatic heterocycles. The van der Waals surface area contributed by atoms with E-state index in [0.29, 0.717) is 5.56 Å². The average molecular weight is 268 g/mol. The maximum absolute atomic E-state index is 11.9. The number of aromatic carboxylic acids is 1. The topological polar surface area (TPSA) is 74.6 Å². The first kappa shape index (κ1) is 13.5. The number of carbonyl (C=O) groups excluding carboxylic acids is 1. The molecule has 20 heavy (non-hydrogen) atoms. The molecular formula is C16H12O4. The molecule has 2 aromatic carbocycles. The molecule has 0 heterocycles. The highest BCUT2D eigenvalue weighted by Gasteiger charge is 2.07. The molecule has 0 atom stereocenters. The predicted molar refractivity (Wildman–Crippen MR) is 74.9 cm³/mol. The van der Waals surface area contributed by atoms with Crippen molar-refractivity contribution in [3.8, 4) is 5.75 Å². The largest absolute Gasteiger partial charge is 0.507 e. The van der Waals surface area contributed by atoms with Crippen LogP contribution >= 0.6 is 0 Å². The number of hydrogen-bond donors (Lipinski definition) is 2. The summed E-state index contributed by atoms with van der Waals surface area (Å²) in [5, 5.41) is 18.4. The fourth-order valence-electron chi connectivity index (χ4n) is 1.72. The number of carboxylic acids is 1. The zero-order chi connectivity index (χ0) is 14.5. The van der Waals surface area contributed by atoms with Crippen molar-refractivity contribution in [3.63, 3.8) is 0 Å². The lowest BCUT2D eigenvalue weighted by molar-refractivity contribution is 0.0696. The van der Waals surface area contributed by atoms with Gasteiger partial charge < -0.3 is 10.2 Å². The number of allylic oxidation sites excluding steroid dienone is 1. The highest BCUT2D eigenvalue weighted by molar-refractivity contribution is 6.08. The molecule has 4 nitrogen and oxygen atoms in total. The number of para-hydroxylation sites is 1. The smallest absolute Gasteiger partial charge is 0.335 e. The Morgan fingerprint density at radius 2 is 1.75 bits per heavy atom. The highest BCUT2D eigenvalue weighted by atomic mass is 16.4. The Kier molecular flexibility index (Phi) is 3.96. The number of phenolic OH excluding ortho intramolecular Hbond substituents is 1. The summed E-state index contributed by atoms with van der Waals surface area (Å²) in [6, 6.07) is 12.5. The Morgan fingerprint density at radius 3 is 2.45 bits per heavy atom. The van der Waals surface area contributed by atoms with Crippen LogP contribution in [0.5, 0.6) is 5.75 Å². The van der Waals surface area contributed by atoms with Crippen LogP contribution in [0.3, 0.4) is 0 Å². The number of rotatable bonds is 4. The number of ketones is 1. The molecule has 0 unspecified atom stereocenters. The summed E-state index contributed by atoms with van der Waals surface area (Å²) in [7, 11) is 0. The van der Waals surface area contributed by atoms with Crippen LogP contribution in [0, 0.1) is 0 Å². The molecule has 0 bridgehead atoms. The van der Waals surface area contributed by atoms with E-state index in [0.717, 1.165) is 0 Å². The van der Waals surface area contributed by atoms with E-state index in [1.807, 2.05) is 0 Å². The second-order valence-electron chi connectivity index (χ2n) is 4.15. The first-order chi connectivity index (χ1) is 9.58. The first-order valence-corrected chi connectivity index (χ1v) is 5.91. The number of benzene rings is 2. The summed E-state index contributed by atoms with van der Waals surface area (Å²) in [4.78, 5) is 22.7. The molecule has 2 aromatic rings. The molecule has 0 saturated carbocycles. The van der Waals surface area contributed by atoms with Gasteiger partial charge in [0.15, 0.2) is 5.78 Å². The predicted octanol–water partition coefficient (Wildman–Crippen LogP) is 2.99. The van der Waals surface area contributed by atoms with Gasteiger partial charge in [0.25, 0.3) is 0 Å².